The molecule has 4 atom stereocenters. The summed E-state index contributed by atoms with van der Waals surface area (Å²) >= 11 is 0. The van der Waals surface area contributed by atoms with Crippen LogP contribution >= 0.6 is 0 Å². The first kappa shape index (κ1) is 20.8. The molecule has 0 saturated heterocycles. The van der Waals surface area contributed by atoms with Gasteiger partial charge in [0.15, 0.2) is 0 Å². The Kier molecular flexibility index (Phi) is 6.32. The summed E-state index contributed by atoms with van der Waals surface area (Å²) in [7, 11) is 0. The number of allylic oxidation sites excluding steroid dienone is 1. The van der Waals surface area contributed by atoms with E-state index in [1.54, 1.807) is 24.3 Å². The van der Waals surface area contributed by atoms with Crippen molar-refractivity contribution < 1.29 is 8.78 Å². The van der Waals surface area contributed by atoms with Crippen LogP contribution in [0.3, 0.4) is 0 Å². The molecule has 0 radical (unpaired) electrons. The largest absolute Gasteiger partial charge is 0.206 e. The smallest absolute Gasteiger partial charge is 0.134 e. The van der Waals surface area contributed by atoms with E-state index in [2.05, 4.69) is 6.58 Å². The number of nitrogens with zero attached hydrogens (tertiary/aromatic N) is 1. The van der Waals surface area contributed by atoms with Gasteiger partial charge in [-0.2, -0.15) is 5.26 Å². The maximum atomic E-state index is 14.9. The van der Waals surface area contributed by atoms with Crippen LogP contribution in [0.4, 0.5) is 8.78 Å². The van der Waals surface area contributed by atoms with E-state index >= 15 is 0 Å². The third-order valence-electron chi connectivity index (χ3n) is 7.34. The van der Waals surface area contributed by atoms with E-state index in [0.717, 1.165) is 36.7 Å². The Morgan fingerprint density at radius 1 is 0.967 bits per heavy atom. The Bertz CT molecular complexity index is 917. The highest BCUT2D eigenvalue weighted by atomic mass is 19.1. The summed E-state index contributed by atoms with van der Waals surface area (Å²) in [6, 6.07) is 11.5. The predicted octanol–water partition coefficient (Wildman–Crippen LogP) is 7.77. The number of benzene rings is 2. The van der Waals surface area contributed by atoms with E-state index < -0.39 is 11.6 Å². The van der Waals surface area contributed by atoms with Crippen molar-refractivity contribution in [3.63, 3.8) is 0 Å². The molecule has 2 aromatic rings. The van der Waals surface area contributed by atoms with Crippen LogP contribution in [-0.4, -0.2) is 0 Å². The van der Waals surface area contributed by atoms with Crippen molar-refractivity contribution in [1.82, 2.24) is 0 Å². The second-order valence-corrected chi connectivity index (χ2v) is 9.12. The normalized spacial score (nSPS) is 25.9. The van der Waals surface area contributed by atoms with Gasteiger partial charge in [-0.05, 0) is 104 Å². The second-order valence-electron chi connectivity index (χ2n) is 9.12. The summed E-state index contributed by atoms with van der Waals surface area (Å²) in [6.45, 7) is 3.84. The van der Waals surface area contributed by atoms with Crippen molar-refractivity contribution in [3.05, 3.63) is 71.8 Å². The Labute approximate surface area is 178 Å². The van der Waals surface area contributed by atoms with Gasteiger partial charge in [0.2, 0.25) is 0 Å². The zero-order valence-corrected chi connectivity index (χ0v) is 17.4. The molecular weight excluding hydrogens is 376 g/mol. The van der Waals surface area contributed by atoms with Crippen molar-refractivity contribution >= 4 is 0 Å². The summed E-state index contributed by atoms with van der Waals surface area (Å²) in [5.41, 5.74) is 1.75. The van der Waals surface area contributed by atoms with Crippen molar-refractivity contribution in [1.29, 1.82) is 5.26 Å². The number of nitriles is 1. The van der Waals surface area contributed by atoms with Crippen LogP contribution in [0.5, 0.6) is 0 Å². The molecule has 0 bridgehead atoms. The van der Waals surface area contributed by atoms with Crippen LogP contribution in [0, 0.1) is 40.7 Å². The van der Waals surface area contributed by atoms with E-state index in [-0.39, 0.29) is 11.5 Å². The van der Waals surface area contributed by atoms with Gasteiger partial charge in [-0.3, -0.25) is 0 Å². The highest BCUT2D eigenvalue weighted by molar-refractivity contribution is 5.66. The average molecular weight is 406 g/mol. The number of fused-ring (bicyclic) bond motifs is 1. The molecule has 4 unspecified atom stereocenters. The van der Waals surface area contributed by atoms with Gasteiger partial charge in [0.25, 0.3) is 0 Å². The lowest BCUT2D eigenvalue weighted by Gasteiger charge is -2.42. The number of hydrogen-bond acceptors (Lipinski definition) is 1. The maximum Gasteiger partial charge on any atom is 0.134 e. The van der Waals surface area contributed by atoms with Crippen LogP contribution in [0.15, 0.2) is 49.1 Å². The molecule has 2 saturated carbocycles. The van der Waals surface area contributed by atoms with Crippen molar-refractivity contribution in [2.24, 2.45) is 17.8 Å². The number of rotatable bonds is 5. The fraction of sp³-hybridized carbons (Fsp3) is 0.444. The summed E-state index contributed by atoms with van der Waals surface area (Å²) < 4.78 is 29.8. The Morgan fingerprint density at radius 3 is 2.30 bits per heavy atom. The standard InChI is InChI=1S/C27H29F2N/c1-2-3-4-18-5-10-22-14-23(12-11-21(22)13-18)24-15-25(28)27(26(29)16-24)20-8-6-19(17-30)7-9-20/h2,6-9,15-16,18,21-23H,1,3-5,10-14H2. The van der Waals surface area contributed by atoms with Gasteiger partial charge >= 0.3 is 0 Å². The minimum absolute atomic E-state index is 0.000322. The third-order valence-corrected chi connectivity index (χ3v) is 7.34. The molecule has 0 amide bonds. The average Bonchev–Trinajstić information content (AvgIpc) is 2.77. The monoisotopic (exact) mass is 405 g/mol. The highest BCUT2D eigenvalue weighted by Gasteiger charge is 2.36. The molecule has 0 aromatic heterocycles. The number of halogens is 2. The zero-order chi connectivity index (χ0) is 21.1. The first-order chi connectivity index (χ1) is 14.6. The topological polar surface area (TPSA) is 23.8 Å². The fourth-order valence-corrected chi connectivity index (χ4v) is 5.72. The van der Waals surface area contributed by atoms with Gasteiger partial charge in [0.05, 0.1) is 17.2 Å². The molecule has 4 rings (SSSR count). The van der Waals surface area contributed by atoms with E-state index in [4.69, 9.17) is 5.26 Å². The lowest BCUT2D eigenvalue weighted by atomic mass is 9.63. The van der Waals surface area contributed by atoms with Crippen molar-refractivity contribution in [2.45, 2.75) is 57.3 Å². The quantitative estimate of drug-likeness (QED) is 0.466. The Hall–Kier alpha value is -2.47. The van der Waals surface area contributed by atoms with Crippen molar-refractivity contribution in [3.8, 4) is 17.2 Å². The molecule has 2 aliphatic carbocycles. The maximum absolute atomic E-state index is 14.9. The SMILES string of the molecule is C=CCCC1CCC2CC(c3cc(F)c(-c4ccc(C#N)cc4)c(F)c3)CCC2C1. The van der Waals surface area contributed by atoms with Crippen LogP contribution in [0.25, 0.3) is 11.1 Å². The van der Waals surface area contributed by atoms with Crippen LogP contribution in [-0.2, 0) is 0 Å². The lowest BCUT2D eigenvalue weighted by molar-refractivity contribution is 0.115. The first-order valence-corrected chi connectivity index (χ1v) is 11.2. The molecule has 0 heterocycles. The van der Waals surface area contributed by atoms with Gasteiger partial charge in [-0.15, -0.1) is 6.58 Å². The summed E-state index contributed by atoms with van der Waals surface area (Å²) in [6.07, 6.45) is 11.5. The molecule has 0 N–H and O–H groups in total. The van der Waals surface area contributed by atoms with E-state index in [1.807, 2.05) is 12.1 Å². The predicted molar refractivity (Wildman–Crippen MR) is 117 cm³/mol. The van der Waals surface area contributed by atoms with Gasteiger partial charge in [0, 0.05) is 0 Å². The van der Waals surface area contributed by atoms with Crippen molar-refractivity contribution in [2.75, 3.05) is 0 Å². The zero-order valence-electron chi connectivity index (χ0n) is 17.4. The van der Waals surface area contributed by atoms with Gasteiger partial charge in [-0.25, -0.2) is 8.78 Å². The van der Waals surface area contributed by atoms with Crippen LogP contribution in [0.1, 0.15) is 68.4 Å². The van der Waals surface area contributed by atoms with Gasteiger partial charge < -0.3 is 0 Å². The van der Waals surface area contributed by atoms with E-state index in [9.17, 15) is 8.78 Å². The summed E-state index contributed by atoms with van der Waals surface area (Å²) in [5.74, 6) is 1.51. The summed E-state index contributed by atoms with van der Waals surface area (Å²) in [4.78, 5) is 0. The van der Waals surface area contributed by atoms with E-state index in [1.165, 1.54) is 44.2 Å². The second kappa shape index (κ2) is 9.13. The molecule has 0 spiro atoms. The third kappa shape index (κ3) is 4.33. The van der Waals surface area contributed by atoms with Crippen LogP contribution in [0.2, 0.25) is 0 Å². The van der Waals surface area contributed by atoms with Gasteiger partial charge in [-0.1, -0.05) is 24.6 Å². The molecule has 1 nitrogen and oxygen atoms in total. The number of hydrogen-bond donors (Lipinski definition) is 0. The summed E-state index contributed by atoms with van der Waals surface area (Å²) in [5, 5.41) is 8.92. The molecule has 0 aliphatic heterocycles. The minimum Gasteiger partial charge on any atom is -0.206 e. The minimum atomic E-state index is -0.509. The highest BCUT2D eigenvalue weighted by Crippen LogP contribution is 2.48. The Balaban J connectivity index is 1.48. The van der Waals surface area contributed by atoms with E-state index in [0.29, 0.717) is 17.0 Å². The van der Waals surface area contributed by atoms with Gasteiger partial charge in [0.1, 0.15) is 11.6 Å². The molecule has 156 valence electrons. The molecule has 2 fully saturated rings. The lowest BCUT2D eigenvalue weighted by Crippen LogP contribution is -2.30. The molecule has 30 heavy (non-hydrogen) atoms. The molecule has 2 aliphatic rings. The molecular formula is C27H29F2N. The van der Waals surface area contributed by atoms with Crippen LogP contribution < -0.4 is 0 Å². The first-order valence-electron chi connectivity index (χ1n) is 11.2. The molecule has 3 heteroatoms. The Morgan fingerprint density at radius 2 is 1.63 bits per heavy atom. The molecule has 2 aromatic carbocycles. The fourth-order valence-electron chi connectivity index (χ4n) is 5.72.